The van der Waals surface area contributed by atoms with E-state index in [9.17, 15) is 0 Å². The number of benzene rings is 1. The molecule has 3 nitrogen and oxygen atoms in total. The predicted octanol–water partition coefficient (Wildman–Crippen LogP) is 3.44. The summed E-state index contributed by atoms with van der Waals surface area (Å²) in [6.45, 7) is 3.91. The molecule has 5 heteroatoms. The highest BCUT2D eigenvalue weighted by atomic mass is 32.2. The van der Waals surface area contributed by atoms with Crippen LogP contribution in [0.4, 0.5) is 5.69 Å². The first-order valence-electron chi connectivity index (χ1n) is 7.51. The van der Waals surface area contributed by atoms with Crippen molar-refractivity contribution in [2.24, 2.45) is 5.73 Å². The summed E-state index contributed by atoms with van der Waals surface area (Å²) in [5, 5.41) is 0. The lowest BCUT2D eigenvalue weighted by molar-refractivity contribution is 0.0216. The highest BCUT2D eigenvalue weighted by Crippen LogP contribution is 2.31. The molecule has 2 N–H and O–H groups in total. The SMILES string of the molecule is CCSc1cccc(N(C)CC2CCCCO2)c1C(N)=S. The number of hydrogen-bond acceptors (Lipinski definition) is 4. The van der Waals surface area contributed by atoms with Crippen LogP contribution in [0.3, 0.4) is 0 Å². The third-order valence-corrected chi connectivity index (χ3v) is 4.86. The van der Waals surface area contributed by atoms with Gasteiger partial charge in [0.05, 0.1) is 6.10 Å². The molecule has 0 aromatic heterocycles. The Balaban J connectivity index is 2.20. The number of rotatable bonds is 6. The molecule has 0 spiro atoms. The smallest absolute Gasteiger partial charge is 0.107 e. The molecule has 0 amide bonds. The van der Waals surface area contributed by atoms with Gasteiger partial charge in [-0.05, 0) is 37.1 Å². The van der Waals surface area contributed by atoms with Crippen molar-refractivity contribution in [2.75, 3.05) is 30.9 Å². The Bertz CT molecular complexity index is 487. The van der Waals surface area contributed by atoms with Crippen molar-refractivity contribution in [2.45, 2.75) is 37.2 Å². The third-order valence-electron chi connectivity index (χ3n) is 3.71. The monoisotopic (exact) mass is 324 g/mol. The molecule has 0 aliphatic carbocycles. The maximum atomic E-state index is 5.98. The second-order valence-electron chi connectivity index (χ2n) is 5.32. The maximum Gasteiger partial charge on any atom is 0.107 e. The highest BCUT2D eigenvalue weighted by molar-refractivity contribution is 7.99. The van der Waals surface area contributed by atoms with Gasteiger partial charge in [0.15, 0.2) is 0 Å². The largest absolute Gasteiger partial charge is 0.389 e. The van der Waals surface area contributed by atoms with Crippen molar-refractivity contribution < 1.29 is 4.74 Å². The van der Waals surface area contributed by atoms with Crippen LogP contribution in [0, 0.1) is 0 Å². The molecule has 1 aromatic carbocycles. The van der Waals surface area contributed by atoms with Crippen molar-refractivity contribution in [3.63, 3.8) is 0 Å². The zero-order chi connectivity index (χ0) is 15.2. The number of hydrogen-bond donors (Lipinski definition) is 1. The topological polar surface area (TPSA) is 38.5 Å². The zero-order valence-corrected chi connectivity index (χ0v) is 14.4. The molecule has 1 aromatic rings. The van der Waals surface area contributed by atoms with Gasteiger partial charge >= 0.3 is 0 Å². The summed E-state index contributed by atoms with van der Waals surface area (Å²) in [6, 6.07) is 6.27. The Morgan fingerprint density at radius 2 is 2.29 bits per heavy atom. The Kier molecular flexibility index (Phi) is 6.33. The quantitative estimate of drug-likeness (QED) is 0.641. The molecule has 1 fully saturated rings. The second kappa shape index (κ2) is 8.01. The van der Waals surface area contributed by atoms with Crippen LogP contribution < -0.4 is 10.6 Å². The average Bonchev–Trinajstić information content (AvgIpc) is 2.48. The van der Waals surface area contributed by atoms with Crippen molar-refractivity contribution in [3.05, 3.63) is 23.8 Å². The summed E-state index contributed by atoms with van der Waals surface area (Å²) in [6.07, 6.45) is 3.88. The van der Waals surface area contributed by atoms with Gasteiger partial charge in [-0.1, -0.05) is 25.2 Å². The molecule has 1 unspecified atom stereocenters. The molecule has 1 atom stereocenters. The first-order valence-corrected chi connectivity index (χ1v) is 8.91. The summed E-state index contributed by atoms with van der Waals surface area (Å²) in [5.41, 5.74) is 8.08. The highest BCUT2D eigenvalue weighted by Gasteiger charge is 2.19. The number of nitrogens with two attached hydrogens (primary N) is 1. The summed E-state index contributed by atoms with van der Waals surface area (Å²) in [7, 11) is 2.09. The molecule has 1 heterocycles. The van der Waals surface area contributed by atoms with Crippen molar-refractivity contribution in [1.82, 2.24) is 0 Å². The minimum Gasteiger partial charge on any atom is -0.389 e. The van der Waals surface area contributed by atoms with E-state index in [1.807, 2.05) is 0 Å². The Labute approximate surface area is 137 Å². The van der Waals surface area contributed by atoms with Crippen molar-refractivity contribution in [3.8, 4) is 0 Å². The molecule has 1 aliphatic rings. The van der Waals surface area contributed by atoms with E-state index in [2.05, 4.69) is 37.1 Å². The van der Waals surface area contributed by atoms with Gasteiger partial charge in [-0.25, -0.2) is 0 Å². The van der Waals surface area contributed by atoms with Crippen LogP contribution in [-0.2, 0) is 4.74 Å². The summed E-state index contributed by atoms with van der Waals surface area (Å²) in [5.74, 6) is 1.01. The van der Waals surface area contributed by atoms with Gasteiger partial charge in [-0.2, -0.15) is 0 Å². The summed E-state index contributed by atoms with van der Waals surface area (Å²) < 4.78 is 5.84. The first kappa shape index (κ1) is 16.6. The number of anilines is 1. The molecular formula is C16H24N2OS2. The zero-order valence-electron chi connectivity index (χ0n) is 12.8. The standard InChI is InChI=1S/C16H24N2OS2/c1-3-21-14-9-6-8-13(15(14)16(17)20)18(2)11-12-7-4-5-10-19-12/h6,8-9,12H,3-5,7,10-11H2,1-2H3,(H2,17,20). The molecule has 0 saturated carbocycles. The van der Waals surface area contributed by atoms with E-state index < -0.39 is 0 Å². The molecule has 1 saturated heterocycles. The second-order valence-corrected chi connectivity index (χ2v) is 7.06. The van der Waals surface area contributed by atoms with Crippen molar-refractivity contribution in [1.29, 1.82) is 0 Å². The van der Waals surface area contributed by atoms with Crippen LogP contribution in [0.5, 0.6) is 0 Å². The van der Waals surface area contributed by atoms with E-state index in [1.165, 1.54) is 17.7 Å². The van der Waals surface area contributed by atoms with Gasteiger partial charge in [0, 0.05) is 36.3 Å². The summed E-state index contributed by atoms with van der Waals surface area (Å²) >= 11 is 7.06. The van der Waals surface area contributed by atoms with Gasteiger partial charge in [0.2, 0.25) is 0 Å². The fraction of sp³-hybridized carbons (Fsp3) is 0.562. The van der Waals surface area contributed by atoms with E-state index in [-0.39, 0.29) is 0 Å². The molecule has 116 valence electrons. The lowest BCUT2D eigenvalue weighted by Gasteiger charge is -2.30. The maximum absolute atomic E-state index is 5.98. The minimum absolute atomic E-state index is 0.311. The minimum atomic E-state index is 0.311. The van der Waals surface area contributed by atoms with Crippen LogP contribution in [0.2, 0.25) is 0 Å². The Morgan fingerprint density at radius 3 is 2.90 bits per heavy atom. The van der Waals surface area contributed by atoms with Crippen LogP contribution in [0.25, 0.3) is 0 Å². The molecule has 0 radical (unpaired) electrons. The van der Waals surface area contributed by atoms with Crippen LogP contribution in [0.15, 0.2) is 23.1 Å². The average molecular weight is 325 g/mol. The number of thiocarbonyl (C=S) groups is 1. The molecule has 21 heavy (non-hydrogen) atoms. The Morgan fingerprint density at radius 1 is 1.48 bits per heavy atom. The van der Waals surface area contributed by atoms with Crippen LogP contribution >= 0.6 is 24.0 Å². The Hall–Kier alpha value is -0.780. The molecule has 0 bridgehead atoms. The first-order chi connectivity index (χ1) is 10.1. The van der Waals surface area contributed by atoms with E-state index in [0.29, 0.717) is 11.1 Å². The molecule has 2 rings (SSSR count). The van der Waals surface area contributed by atoms with Gasteiger partial charge < -0.3 is 15.4 Å². The van der Waals surface area contributed by atoms with Gasteiger partial charge in [-0.15, -0.1) is 11.8 Å². The van der Waals surface area contributed by atoms with E-state index >= 15 is 0 Å². The van der Waals surface area contributed by atoms with Crippen LogP contribution in [-0.4, -0.2) is 37.0 Å². The predicted molar refractivity (Wildman–Crippen MR) is 95.6 cm³/mol. The molecular weight excluding hydrogens is 300 g/mol. The lowest BCUT2D eigenvalue weighted by Crippen LogP contribution is -2.34. The number of likely N-dealkylation sites (N-methyl/N-ethyl adjacent to an activating group) is 1. The number of ether oxygens (including phenoxy) is 1. The van der Waals surface area contributed by atoms with E-state index in [0.717, 1.165) is 36.6 Å². The fourth-order valence-electron chi connectivity index (χ4n) is 2.72. The van der Waals surface area contributed by atoms with E-state index in [1.54, 1.807) is 11.8 Å². The number of nitrogens with zero attached hydrogens (tertiary/aromatic N) is 1. The normalized spacial score (nSPS) is 18.5. The fourth-order valence-corrected chi connectivity index (χ4v) is 3.84. The number of thioether (sulfide) groups is 1. The van der Waals surface area contributed by atoms with Gasteiger partial charge in [0.1, 0.15) is 4.99 Å². The van der Waals surface area contributed by atoms with Gasteiger partial charge in [-0.3, -0.25) is 0 Å². The summed E-state index contributed by atoms with van der Waals surface area (Å²) in [4.78, 5) is 3.86. The molecule has 1 aliphatic heterocycles. The van der Waals surface area contributed by atoms with Crippen molar-refractivity contribution >= 4 is 34.7 Å². The third kappa shape index (κ3) is 4.34. The van der Waals surface area contributed by atoms with Crippen LogP contribution in [0.1, 0.15) is 31.7 Å². The van der Waals surface area contributed by atoms with Gasteiger partial charge in [0.25, 0.3) is 0 Å². The van der Waals surface area contributed by atoms with E-state index in [4.69, 9.17) is 22.7 Å². The lowest BCUT2D eigenvalue weighted by atomic mass is 10.1.